The average Bonchev–Trinajstić information content (AvgIpc) is 2.38. The van der Waals surface area contributed by atoms with Gasteiger partial charge in [-0.1, -0.05) is 15.9 Å². The number of hydrogen-bond acceptors (Lipinski definition) is 3. The van der Waals surface area contributed by atoms with E-state index in [9.17, 15) is 14.0 Å². The fourth-order valence-electron chi connectivity index (χ4n) is 1.81. The lowest BCUT2D eigenvalue weighted by atomic mass is 10.0. The summed E-state index contributed by atoms with van der Waals surface area (Å²) in [6.07, 6.45) is 0. The van der Waals surface area contributed by atoms with Crippen LogP contribution in [0.1, 0.15) is 20.8 Å². The zero-order chi connectivity index (χ0) is 16.2. The summed E-state index contributed by atoms with van der Waals surface area (Å²) < 4.78 is 19.3. The van der Waals surface area contributed by atoms with Crippen molar-refractivity contribution in [1.82, 2.24) is 4.90 Å². The minimum Gasteiger partial charge on any atom is -0.481 e. The molecule has 1 rings (SSSR count). The molecule has 0 saturated heterocycles. The Balaban J connectivity index is 2.78. The number of likely N-dealkylation sites (N-methyl/N-ethyl adjacent to an activating group) is 1. The zero-order valence-electron chi connectivity index (χ0n) is 12.0. The van der Waals surface area contributed by atoms with Gasteiger partial charge < -0.3 is 14.7 Å². The molecule has 116 valence electrons. The van der Waals surface area contributed by atoms with Crippen molar-refractivity contribution < 1.29 is 23.8 Å². The molecule has 5 nitrogen and oxygen atoms in total. The van der Waals surface area contributed by atoms with Crippen LogP contribution in [0.25, 0.3) is 0 Å². The number of hydrogen-bond donors (Lipinski definition) is 1. The summed E-state index contributed by atoms with van der Waals surface area (Å²) in [7, 11) is 0. The lowest BCUT2D eigenvalue weighted by molar-refractivity contribution is -0.157. The Morgan fingerprint density at radius 1 is 1.43 bits per heavy atom. The molecule has 1 amide bonds. The van der Waals surface area contributed by atoms with Gasteiger partial charge in [0.15, 0.2) is 18.2 Å². The summed E-state index contributed by atoms with van der Waals surface area (Å²) in [5.74, 6) is -2.30. The molecule has 0 aliphatic carbocycles. The Kier molecular flexibility index (Phi) is 5.71. The maximum Gasteiger partial charge on any atom is 0.329 e. The third-order valence-corrected chi connectivity index (χ3v) is 3.55. The highest BCUT2D eigenvalue weighted by Gasteiger charge is 2.36. The predicted octanol–water partition coefficient (Wildman–Crippen LogP) is 2.68. The molecule has 1 aromatic carbocycles. The van der Waals surface area contributed by atoms with Crippen LogP contribution in [-0.2, 0) is 9.59 Å². The number of ether oxygens (including phenoxy) is 1. The van der Waals surface area contributed by atoms with E-state index in [4.69, 9.17) is 9.84 Å². The van der Waals surface area contributed by atoms with Gasteiger partial charge in [-0.2, -0.15) is 0 Å². The molecule has 0 saturated carbocycles. The number of benzene rings is 1. The highest BCUT2D eigenvalue weighted by Crippen LogP contribution is 2.22. The summed E-state index contributed by atoms with van der Waals surface area (Å²) in [4.78, 5) is 24.4. The second-order valence-corrected chi connectivity index (χ2v) is 5.78. The SMILES string of the molecule is CCN(C(=O)COc1ccc(Br)cc1F)C(C)(C)C(=O)O. The van der Waals surface area contributed by atoms with E-state index in [1.54, 1.807) is 13.0 Å². The minimum absolute atomic E-state index is 0.0595. The Morgan fingerprint density at radius 3 is 2.52 bits per heavy atom. The van der Waals surface area contributed by atoms with Crippen molar-refractivity contribution in [2.45, 2.75) is 26.3 Å². The number of amides is 1. The second-order valence-electron chi connectivity index (χ2n) is 4.87. The molecule has 1 N–H and O–H groups in total. The number of aliphatic carboxylic acids is 1. The van der Waals surface area contributed by atoms with Gasteiger partial charge in [-0.3, -0.25) is 4.79 Å². The molecular weight excluding hydrogens is 345 g/mol. The highest BCUT2D eigenvalue weighted by molar-refractivity contribution is 9.10. The molecule has 0 fully saturated rings. The van der Waals surface area contributed by atoms with Crippen molar-refractivity contribution in [3.8, 4) is 5.75 Å². The Morgan fingerprint density at radius 2 is 2.05 bits per heavy atom. The number of halogens is 2. The molecular formula is C14H17BrFNO4. The summed E-state index contributed by atoms with van der Waals surface area (Å²) in [6.45, 7) is 4.31. The molecule has 0 heterocycles. The van der Waals surface area contributed by atoms with Crippen LogP contribution in [0.4, 0.5) is 4.39 Å². The van der Waals surface area contributed by atoms with Gasteiger partial charge >= 0.3 is 5.97 Å². The Bertz CT molecular complexity index is 548. The molecule has 0 unspecified atom stereocenters. The maximum atomic E-state index is 13.6. The van der Waals surface area contributed by atoms with Crippen LogP contribution in [0.5, 0.6) is 5.75 Å². The first-order chi connectivity index (χ1) is 9.70. The molecule has 1 aromatic rings. The first kappa shape index (κ1) is 17.4. The molecule has 0 aliphatic rings. The van der Waals surface area contributed by atoms with Crippen molar-refractivity contribution in [3.05, 3.63) is 28.5 Å². The normalized spacial score (nSPS) is 11.1. The summed E-state index contributed by atoms with van der Waals surface area (Å²) in [6, 6.07) is 4.20. The van der Waals surface area contributed by atoms with Crippen molar-refractivity contribution in [2.75, 3.05) is 13.2 Å². The number of carboxylic acid groups (broad SMARTS) is 1. The van der Waals surface area contributed by atoms with Crippen molar-refractivity contribution >= 4 is 27.8 Å². The molecule has 21 heavy (non-hydrogen) atoms. The fourth-order valence-corrected chi connectivity index (χ4v) is 2.14. The van der Waals surface area contributed by atoms with Crippen molar-refractivity contribution in [2.24, 2.45) is 0 Å². The molecule has 0 aromatic heterocycles. The van der Waals surface area contributed by atoms with Gasteiger partial charge in [-0.25, -0.2) is 9.18 Å². The summed E-state index contributed by atoms with van der Waals surface area (Å²) in [5.41, 5.74) is -1.35. The van der Waals surface area contributed by atoms with Gasteiger partial charge in [-0.15, -0.1) is 0 Å². The predicted molar refractivity (Wildman–Crippen MR) is 78.7 cm³/mol. The summed E-state index contributed by atoms with van der Waals surface area (Å²) >= 11 is 3.12. The lowest BCUT2D eigenvalue weighted by Gasteiger charge is -2.34. The van der Waals surface area contributed by atoms with Crippen LogP contribution in [0.15, 0.2) is 22.7 Å². The van der Waals surface area contributed by atoms with Crippen LogP contribution in [-0.4, -0.2) is 40.6 Å². The first-order valence-corrected chi connectivity index (χ1v) is 7.11. The monoisotopic (exact) mass is 361 g/mol. The molecule has 0 radical (unpaired) electrons. The van der Waals surface area contributed by atoms with Crippen LogP contribution in [0, 0.1) is 5.82 Å². The lowest BCUT2D eigenvalue weighted by Crippen LogP contribution is -2.54. The third-order valence-electron chi connectivity index (χ3n) is 3.06. The van der Waals surface area contributed by atoms with E-state index >= 15 is 0 Å². The second kappa shape index (κ2) is 6.89. The van der Waals surface area contributed by atoms with Gasteiger partial charge in [0.25, 0.3) is 5.91 Å². The smallest absolute Gasteiger partial charge is 0.329 e. The number of nitrogens with zero attached hydrogens (tertiary/aromatic N) is 1. The Labute approximate surface area is 130 Å². The van der Waals surface area contributed by atoms with Crippen LogP contribution >= 0.6 is 15.9 Å². The fraction of sp³-hybridized carbons (Fsp3) is 0.429. The van der Waals surface area contributed by atoms with E-state index < -0.39 is 29.8 Å². The van der Waals surface area contributed by atoms with Gasteiger partial charge in [0.2, 0.25) is 0 Å². The van der Waals surface area contributed by atoms with E-state index in [1.807, 2.05) is 0 Å². The number of carbonyl (C=O) groups excluding carboxylic acids is 1. The van der Waals surface area contributed by atoms with E-state index in [0.717, 1.165) is 0 Å². The van der Waals surface area contributed by atoms with Gasteiger partial charge in [0.1, 0.15) is 5.54 Å². The third kappa shape index (κ3) is 4.17. The number of carboxylic acids is 1. The van der Waals surface area contributed by atoms with Crippen molar-refractivity contribution in [1.29, 1.82) is 0 Å². The Hall–Kier alpha value is -1.63. The van der Waals surface area contributed by atoms with Gasteiger partial charge in [0.05, 0.1) is 0 Å². The first-order valence-electron chi connectivity index (χ1n) is 6.31. The zero-order valence-corrected chi connectivity index (χ0v) is 13.6. The minimum atomic E-state index is -1.35. The van der Waals surface area contributed by atoms with Gasteiger partial charge in [-0.05, 0) is 39.0 Å². The van der Waals surface area contributed by atoms with Crippen LogP contribution < -0.4 is 4.74 Å². The maximum absolute atomic E-state index is 13.6. The van der Waals surface area contributed by atoms with E-state index in [1.165, 1.54) is 30.9 Å². The molecule has 0 bridgehead atoms. The van der Waals surface area contributed by atoms with Crippen LogP contribution in [0.2, 0.25) is 0 Å². The molecule has 0 aliphatic heterocycles. The largest absolute Gasteiger partial charge is 0.481 e. The van der Waals surface area contributed by atoms with Crippen LogP contribution in [0.3, 0.4) is 0 Å². The number of rotatable bonds is 6. The van der Waals surface area contributed by atoms with E-state index in [2.05, 4.69) is 15.9 Å². The molecule has 7 heteroatoms. The number of carbonyl (C=O) groups is 2. The van der Waals surface area contributed by atoms with E-state index in [0.29, 0.717) is 4.47 Å². The molecule has 0 spiro atoms. The summed E-state index contributed by atoms with van der Waals surface area (Å²) in [5, 5.41) is 9.15. The molecule has 0 atom stereocenters. The van der Waals surface area contributed by atoms with Crippen molar-refractivity contribution in [3.63, 3.8) is 0 Å². The van der Waals surface area contributed by atoms with Gasteiger partial charge in [0, 0.05) is 11.0 Å². The standard InChI is InChI=1S/C14H17BrFNO4/c1-4-17(14(2,3)13(19)20)12(18)8-21-11-6-5-9(15)7-10(11)16/h5-7H,4,8H2,1-3H3,(H,19,20). The topological polar surface area (TPSA) is 66.8 Å². The quantitative estimate of drug-likeness (QED) is 0.845. The highest BCUT2D eigenvalue weighted by atomic mass is 79.9. The average molecular weight is 362 g/mol. The van der Waals surface area contributed by atoms with E-state index in [-0.39, 0.29) is 12.3 Å².